The Balaban J connectivity index is 1.70. The van der Waals surface area contributed by atoms with Crippen molar-refractivity contribution in [2.75, 3.05) is 11.1 Å². The van der Waals surface area contributed by atoms with Crippen LogP contribution in [0.4, 0.5) is 16.2 Å². The summed E-state index contributed by atoms with van der Waals surface area (Å²) in [5.41, 5.74) is 11.0. The summed E-state index contributed by atoms with van der Waals surface area (Å²) in [6.45, 7) is 2.00. The number of amides is 2. The standard InChI is InChI=1S/C18H21N3O/c1-12-4-2-6-15(10-12)20-18(22)21-17-7-3-5-13-11-14(19)8-9-16(13)17/h2,4,6,8-11,17H,3,5,7,19H2,1H3,(H2,20,21,22). The fraction of sp³-hybridized carbons (Fsp3) is 0.278. The Morgan fingerprint density at radius 2 is 2.09 bits per heavy atom. The Labute approximate surface area is 130 Å². The molecule has 0 heterocycles. The van der Waals surface area contributed by atoms with Gasteiger partial charge in [-0.3, -0.25) is 0 Å². The maximum Gasteiger partial charge on any atom is 0.319 e. The van der Waals surface area contributed by atoms with Gasteiger partial charge in [0.1, 0.15) is 0 Å². The highest BCUT2D eigenvalue weighted by atomic mass is 16.2. The number of fused-ring (bicyclic) bond motifs is 1. The van der Waals surface area contributed by atoms with Crippen molar-refractivity contribution in [1.29, 1.82) is 0 Å². The topological polar surface area (TPSA) is 67.2 Å². The highest BCUT2D eigenvalue weighted by molar-refractivity contribution is 5.89. The first-order valence-electron chi connectivity index (χ1n) is 7.64. The molecule has 22 heavy (non-hydrogen) atoms. The first-order valence-corrected chi connectivity index (χ1v) is 7.64. The molecule has 0 aliphatic heterocycles. The minimum atomic E-state index is -0.166. The van der Waals surface area contributed by atoms with Gasteiger partial charge in [0, 0.05) is 11.4 Å². The van der Waals surface area contributed by atoms with Crippen molar-refractivity contribution in [3.8, 4) is 0 Å². The number of benzene rings is 2. The smallest absolute Gasteiger partial charge is 0.319 e. The summed E-state index contributed by atoms with van der Waals surface area (Å²) in [6.07, 6.45) is 3.04. The van der Waals surface area contributed by atoms with E-state index in [1.165, 1.54) is 11.1 Å². The van der Waals surface area contributed by atoms with Crippen LogP contribution in [-0.4, -0.2) is 6.03 Å². The molecule has 4 N–H and O–H groups in total. The highest BCUT2D eigenvalue weighted by Gasteiger charge is 2.21. The van der Waals surface area contributed by atoms with E-state index in [1.54, 1.807) is 0 Å². The fourth-order valence-corrected chi connectivity index (χ4v) is 3.03. The number of nitrogen functional groups attached to an aromatic ring is 1. The van der Waals surface area contributed by atoms with Crippen molar-refractivity contribution < 1.29 is 4.79 Å². The largest absolute Gasteiger partial charge is 0.399 e. The van der Waals surface area contributed by atoms with Crippen LogP contribution in [0.25, 0.3) is 0 Å². The van der Waals surface area contributed by atoms with Crippen LogP contribution in [0.1, 0.15) is 35.6 Å². The third-order valence-electron chi connectivity index (χ3n) is 4.06. The molecule has 0 spiro atoms. The zero-order chi connectivity index (χ0) is 15.5. The maximum atomic E-state index is 12.2. The average Bonchev–Trinajstić information content (AvgIpc) is 2.47. The van der Waals surface area contributed by atoms with E-state index >= 15 is 0 Å². The van der Waals surface area contributed by atoms with E-state index in [0.717, 1.165) is 36.2 Å². The molecular formula is C18H21N3O. The number of anilines is 2. The lowest BCUT2D eigenvalue weighted by Crippen LogP contribution is -2.34. The van der Waals surface area contributed by atoms with E-state index in [2.05, 4.69) is 10.6 Å². The van der Waals surface area contributed by atoms with Gasteiger partial charge in [-0.25, -0.2) is 4.79 Å². The molecule has 3 rings (SSSR count). The van der Waals surface area contributed by atoms with Crippen LogP contribution in [0.15, 0.2) is 42.5 Å². The summed E-state index contributed by atoms with van der Waals surface area (Å²) in [6, 6.07) is 13.6. The van der Waals surface area contributed by atoms with Crippen LogP contribution in [0, 0.1) is 6.92 Å². The molecule has 1 unspecified atom stereocenters. The van der Waals surface area contributed by atoms with Gasteiger partial charge in [0.05, 0.1) is 6.04 Å². The maximum absolute atomic E-state index is 12.2. The summed E-state index contributed by atoms with van der Waals surface area (Å²) in [5.74, 6) is 0. The van der Waals surface area contributed by atoms with E-state index < -0.39 is 0 Å². The zero-order valence-electron chi connectivity index (χ0n) is 12.7. The molecule has 1 aliphatic carbocycles. The Morgan fingerprint density at radius 3 is 2.91 bits per heavy atom. The van der Waals surface area contributed by atoms with Gasteiger partial charge >= 0.3 is 6.03 Å². The number of rotatable bonds is 2. The quantitative estimate of drug-likeness (QED) is 0.738. The van der Waals surface area contributed by atoms with Gasteiger partial charge in [-0.15, -0.1) is 0 Å². The number of hydrogen-bond acceptors (Lipinski definition) is 2. The van der Waals surface area contributed by atoms with Gasteiger partial charge in [0.2, 0.25) is 0 Å². The molecule has 4 nitrogen and oxygen atoms in total. The second-order valence-corrected chi connectivity index (χ2v) is 5.87. The van der Waals surface area contributed by atoms with E-state index in [4.69, 9.17) is 5.73 Å². The molecular weight excluding hydrogens is 274 g/mol. The van der Waals surface area contributed by atoms with Crippen molar-refractivity contribution in [2.24, 2.45) is 0 Å². The molecule has 2 amide bonds. The average molecular weight is 295 g/mol. The molecule has 114 valence electrons. The number of hydrogen-bond donors (Lipinski definition) is 3. The number of carbonyl (C=O) groups is 1. The van der Waals surface area contributed by atoms with E-state index in [1.807, 2.05) is 49.4 Å². The molecule has 0 bridgehead atoms. The van der Waals surface area contributed by atoms with Gasteiger partial charge in [0.15, 0.2) is 0 Å². The zero-order valence-corrected chi connectivity index (χ0v) is 12.7. The second kappa shape index (κ2) is 6.10. The molecule has 0 fully saturated rings. The molecule has 0 saturated heterocycles. The number of urea groups is 1. The Hall–Kier alpha value is -2.49. The lowest BCUT2D eigenvalue weighted by molar-refractivity contribution is 0.247. The molecule has 0 aromatic heterocycles. The minimum Gasteiger partial charge on any atom is -0.399 e. The van der Waals surface area contributed by atoms with Crippen LogP contribution in [0.2, 0.25) is 0 Å². The number of aryl methyl sites for hydroxylation is 2. The Morgan fingerprint density at radius 1 is 1.23 bits per heavy atom. The van der Waals surface area contributed by atoms with Gasteiger partial charge in [-0.05, 0) is 67.1 Å². The first kappa shape index (κ1) is 14.4. The normalized spacial score (nSPS) is 16.7. The van der Waals surface area contributed by atoms with Crippen LogP contribution in [0.3, 0.4) is 0 Å². The predicted octanol–water partition coefficient (Wildman–Crippen LogP) is 3.78. The lowest BCUT2D eigenvalue weighted by atomic mass is 9.87. The van der Waals surface area contributed by atoms with Crippen LogP contribution >= 0.6 is 0 Å². The summed E-state index contributed by atoms with van der Waals surface area (Å²) in [5, 5.41) is 5.97. The van der Waals surface area contributed by atoms with Crippen molar-refractivity contribution in [3.63, 3.8) is 0 Å². The predicted molar refractivity (Wildman–Crippen MR) is 89.9 cm³/mol. The van der Waals surface area contributed by atoms with E-state index in [0.29, 0.717) is 0 Å². The Bertz CT molecular complexity index is 696. The molecule has 0 radical (unpaired) electrons. The SMILES string of the molecule is Cc1cccc(NC(=O)NC2CCCc3cc(N)ccc32)c1. The molecule has 1 aliphatic rings. The fourth-order valence-electron chi connectivity index (χ4n) is 3.03. The molecule has 2 aromatic rings. The number of carbonyl (C=O) groups excluding carboxylic acids is 1. The van der Waals surface area contributed by atoms with Crippen molar-refractivity contribution in [3.05, 3.63) is 59.2 Å². The summed E-state index contributed by atoms with van der Waals surface area (Å²) < 4.78 is 0. The second-order valence-electron chi connectivity index (χ2n) is 5.87. The lowest BCUT2D eigenvalue weighted by Gasteiger charge is -2.26. The van der Waals surface area contributed by atoms with E-state index in [9.17, 15) is 4.79 Å². The summed E-state index contributed by atoms with van der Waals surface area (Å²) in [7, 11) is 0. The molecule has 2 aromatic carbocycles. The number of nitrogens with one attached hydrogen (secondary N) is 2. The molecule has 4 heteroatoms. The van der Waals surface area contributed by atoms with Gasteiger partial charge in [-0.1, -0.05) is 18.2 Å². The minimum absolute atomic E-state index is 0.0501. The van der Waals surface area contributed by atoms with Gasteiger partial charge in [0.25, 0.3) is 0 Å². The van der Waals surface area contributed by atoms with Crippen molar-refractivity contribution in [1.82, 2.24) is 5.32 Å². The Kier molecular flexibility index (Phi) is 4.00. The van der Waals surface area contributed by atoms with Crippen LogP contribution in [0.5, 0.6) is 0 Å². The van der Waals surface area contributed by atoms with Gasteiger partial charge < -0.3 is 16.4 Å². The van der Waals surface area contributed by atoms with Crippen molar-refractivity contribution >= 4 is 17.4 Å². The number of nitrogens with two attached hydrogens (primary N) is 1. The third kappa shape index (κ3) is 3.22. The first-order chi connectivity index (χ1) is 10.6. The summed E-state index contributed by atoms with van der Waals surface area (Å²) >= 11 is 0. The van der Waals surface area contributed by atoms with Gasteiger partial charge in [-0.2, -0.15) is 0 Å². The highest BCUT2D eigenvalue weighted by Crippen LogP contribution is 2.31. The molecule has 0 saturated carbocycles. The van der Waals surface area contributed by atoms with Crippen LogP contribution < -0.4 is 16.4 Å². The molecule has 1 atom stereocenters. The monoisotopic (exact) mass is 295 g/mol. The van der Waals surface area contributed by atoms with E-state index in [-0.39, 0.29) is 12.1 Å². The third-order valence-corrected chi connectivity index (χ3v) is 4.06. The van der Waals surface area contributed by atoms with Crippen molar-refractivity contribution in [2.45, 2.75) is 32.2 Å². The summed E-state index contributed by atoms with van der Waals surface area (Å²) in [4.78, 5) is 12.2. The van der Waals surface area contributed by atoms with Crippen LogP contribution in [-0.2, 0) is 6.42 Å².